The van der Waals surface area contributed by atoms with Crippen LogP contribution in [0, 0.1) is 10.1 Å². The highest BCUT2D eigenvalue weighted by Gasteiger charge is 2.25. The fourth-order valence-corrected chi connectivity index (χ4v) is 2.45. The highest BCUT2D eigenvalue weighted by molar-refractivity contribution is 5.96. The first-order valence-electron chi connectivity index (χ1n) is 8.16. The number of nitrogens with one attached hydrogen (secondary N) is 2. The average Bonchev–Trinajstić information content (AvgIpc) is 3.44. The molecular weight excluding hydrogens is 336 g/mol. The van der Waals surface area contributed by atoms with Crippen molar-refractivity contribution in [2.24, 2.45) is 5.73 Å². The number of benzene rings is 2. The van der Waals surface area contributed by atoms with Gasteiger partial charge in [0.2, 0.25) is 5.91 Å². The lowest BCUT2D eigenvalue weighted by atomic mass is 10.1. The Labute approximate surface area is 149 Å². The van der Waals surface area contributed by atoms with E-state index in [1.165, 1.54) is 12.1 Å². The van der Waals surface area contributed by atoms with Crippen molar-refractivity contribution in [1.29, 1.82) is 0 Å². The second-order valence-corrected chi connectivity index (χ2v) is 6.15. The van der Waals surface area contributed by atoms with E-state index in [2.05, 4.69) is 10.6 Å². The average molecular weight is 354 g/mol. The molecule has 0 aliphatic heterocycles. The van der Waals surface area contributed by atoms with Gasteiger partial charge >= 0.3 is 0 Å². The summed E-state index contributed by atoms with van der Waals surface area (Å²) in [7, 11) is 0. The number of nitrogens with two attached hydrogens (primary N) is 1. The minimum atomic E-state index is -0.521. The summed E-state index contributed by atoms with van der Waals surface area (Å²) in [6, 6.07) is 11.2. The monoisotopic (exact) mass is 354 g/mol. The number of anilines is 1. The van der Waals surface area contributed by atoms with E-state index in [0.717, 1.165) is 18.4 Å². The van der Waals surface area contributed by atoms with Crippen molar-refractivity contribution in [3.8, 4) is 0 Å². The Bertz CT molecular complexity index is 860. The Kier molecular flexibility index (Phi) is 4.83. The molecule has 2 aromatic rings. The van der Waals surface area contributed by atoms with Gasteiger partial charge in [0, 0.05) is 29.8 Å². The summed E-state index contributed by atoms with van der Waals surface area (Å²) in [5.74, 6) is -0.815. The smallest absolute Gasteiger partial charge is 0.293 e. The first kappa shape index (κ1) is 17.4. The quantitative estimate of drug-likeness (QED) is 0.519. The topological polar surface area (TPSA) is 127 Å². The van der Waals surface area contributed by atoms with Crippen LogP contribution in [0.5, 0.6) is 0 Å². The molecule has 0 spiro atoms. The van der Waals surface area contributed by atoms with E-state index in [9.17, 15) is 19.7 Å². The molecule has 1 saturated carbocycles. The van der Waals surface area contributed by atoms with Gasteiger partial charge in [0.15, 0.2) is 0 Å². The van der Waals surface area contributed by atoms with Gasteiger partial charge in [-0.3, -0.25) is 19.7 Å². The van der Waals surface area contributed by atoms with E-state index in [0.29, 0.717) is 17.8 Å². The molecule has 2 aromatic carbocycles. The third kappa shape index (κ3) is 4.15. The number of nitro benzene ring substituents is 1. The highest BCUT2D eigenvalue weighted by Crippen LogP contribution is 2.27. The number of nitro groups is 1. The van der Waals surface area contributed by atoms with E-state index in [1.807, 2.05) is 0 Å². The van der Waals surface area contributed by atoms with Crippen LogP contribution < -0.4 is 16.4 Å². The number of hydrogen-bond acceptors (Lipinski definition) is 5. The SMILES string of the molecule is NC(=O)c1ccc(CNc2ccc(C(=O)NC3CC3)cc2[N+](=O)[O-])cc1. The Morgan fingerprint density at radius 3 is 2.35 bits per heavy atom. The van der Waals surface area contributed by atoms with Gasteiger partial charge in [-0.1, -0.05) is 12.1 Å². The molecule has 1 aliphatic rings. The van der Waals surface area contributed by atoms with Gasteiger partial charge in [-0.25, -0.2) is 0 Å². The molecule has 0 heterocycles. The Balaban J connectivity index is 1.72. The van der Waals surface area contributed by atoms with Crippen molar-refractivity contribution in [3.63, 3.8) is 0 Å². The lowest BCUT2D eigenvalue weighted by molar-refractivity contribution is -0.384. The second-order valence-electron chi connectivity index (χ2n) is 6.15. The second kappa shape index (κ2) is 7.22. The van der Waals surface area contributed by atoms with Gasteiger partial charge in [-0.2, -0.15) is 0 Å². The Morgan fingerprint density at radius 2 is 1.77 bits per heavy atom. The highest BCUT2D eigenvalue weighted by atomic mass is 16.6. The minimum Gasteiger partial charge on any atom is -0.375 e. The van der Waals surface area contributed by atoms with Crippen LogP contribution in [0.15, 0.2) is 42.5 Å². The summed E-state index contributed by atoms with van der Waals surface area (Å²) in [5.41, 5.74) is 6.84. The molecule has 0 atom stereocenters. The first-order chi connectivity index (χ1) is 12.4. The van der Waals surface area contributed by atoms with Crippen molar-refractivity contribution in [2.45, 2.75) is 25.4 Å². The van der Waals surface area contributed by atoms with E-state index >= 15 is 0 Å². The molecule has 2 amide bonds. The number of hydrogen-bond donors (Lipinski definition) is 3. The Hall–Kier alpha value is -3.42. The standard InChI is InChI=1S/C18H18N4O4/c19-17(23)12-3-1-11(2-4-12)10-20-15-8-5-13(9-16(15)22(25)26)18(24)21-14-6-7-14/h1-5,8-9,14,20H,6-7,10H2,(H2,19,23)(H,21,24). The number of rotatable bonds is 7. The molecule has 134 valence electrons. The maximum Gasteiger partial charge on any atom is 0.293 e. The maximum atomic E-state index is 12.1. The fraction of sp³-hybridized carbons (Fsp3) is 0.222. The number of primary amides is 1. The third-order valence-corrected chi connectivity index (χ3v) is 4.09. The van der Waals surface area contributed by atoms with Crippen LogP contribution in [-0.2, 0) is 6.54 Å². The van der Waals surface area contributed by atoms with Crippen molar-refractivity contribution >= 4 is 23.2 Å². The molecule has 0 unspecified atom stereocenters. The van der Waals surface area contributed by atoms with Gasteiger partial charge in [-0.05, 0) is 42.7 Å². The van der Waals surface area contributed by atoms with Gasteiger partial charge in [0.05, 0.1) is 4.92 Å². The molecular formula is C18H18N4O4. The largest absolute Gasteiger partial charge is 0.375 e. The van der Waals surface area contributed by atoms with Crippen LogP contribution in [0.3, 0.4) is 0 Å². The van der Waals surface area contributed by atoms with Crippen LogP contribution >= 0.6 is 0 Å². The summed E-state index contributed by atoms with van der Waals surface area (Å²) in [6.45, 7) is 0.327. The Morgan fingerprint density at radius 1 is 1.12 bits per heavy atom. The zero-order valence-corrected chi connectivity index (χ0v) is 13.9. The predicted octanol–water partition coefficient (Wildman–Crippen LogP) is 2.20. The molecule has 1 aliphatic carbocycles. The van der Waals surface area contributed by atoms with Crippen molar-refractivity contribution < 1.29 is 14.5 Å². The van der Waals surface area contributed by atoms with Crippen molar-refractivity contribution in [1.82, 2.24) is 5.32 Å². The fourth-order valence-electron chi connectivity index (χ4n) is 2.45. The molecule has 0 saturated heterocycles. The molecule has 3 rings (SSSR count). The van der Waals surface area contributed by atoms with Crippen molar-refractivity contribution in [2.75, 3.05) is 5.32 Å². The van der Waals surface area contributed by atoms with E-state index in [1.54, 1.807) is 30.3 Å². The maximum absolute atomic E-state index is 12.1. The van der Waals surface area contributed by atoms with Crippen LogP contribution in [0.1, 0.15) is 39.1 Å². The molecule has 0 radical (unpaired) electrons. The van der Waals surface area contributed by atoms with E-state index in [4.69, 9.17) is 5.73 Å². The predicted molar refractivity (Wildman–Crippen MR) is 95.9 cm³/mol. The summed E-state index contributed by atoms with van der Waals surface area (Å²) in [5, 5.41) is 17.1. The van der Waals surface area contributed by atoms with Gasteiger partial charge in [0.25, 0.3) is 11.6 Å². The summed E-state index contributed by atoms with van der Waals surface area (Å²) in [6.07, 6.45) is 1.89. The third-order valence-electron chi connectivity index (χ3n) is 4.09. The lowest BCUT2D eigenvalue weighted by Crippen LogP contribution is -2.25. The minimum absolute atomic E-state index is 0.165. The van der Waals surface area contributed by atoms with Gasteiger partial charge in [0.1, 0.15) is 5.69 Å². The van der Waals surface area contributed by atoms with Crippen molar-refractivity contribution in [3.05, 3.63) is 69.3 Å². The molecule has 8 heteroatoms. The first-order valence-corrected chi connectivity index (χ1v) is 8.16. The van der Waals surface area contributed by atoms with Gasteiger partial charge < -0.3 is 16.4 Å². The lowest BCUT2D eigenvalue weighted by Gasteiger charge is -2.09. The van der Waals surface area contributed by atoms with Crippen LogP contribution in [0.2, 0.25) is 0 Å². The molecule has 0 aromatic heterocycles. The number of amides is 2. The number of nitrogens with zero attached hydrogens (tertiary/aromatic N) is 1. The molecule has 0 bridgehead atoms. The normalized spacial score (nSPS) is 13.1. The molecule has 4 N–H and O–H groups in total. The molecule has 1 fully saturated rings. The summed E-state index contributed by atoms with van der Waals surface area (Å²) >= 11 is 0. The zero-order chi connectivity index (χ0) is 18.7. The van der Waals surface area contributed by atoms with Crippen LogP contribution in [0.25, 0.3) is 0 Å². The van der Waals surface area contributed by atoms with Gasteiger partial charge in [-0.15, -0.1) is 0 Å². The molecule has 26 heavy (non-hydrogen) atoms. The summed E-state index contributed by atoms with van der Waals surface area (Å²) in [4.78, 5) is 33.9. The van der Waals surface area contributed by atoms with Crippen LogP contribution in [-0.4, -0.2) is 22.8 Å². The molecule has 8 nitrogen and oxygen atoms in total. The summed E-state index contributed by atoms with van der Waals surface area (Å²) < 4.78 is 0. The number of carbonyl (C=O) groups is 2. The van der Waals surface area contributed by atoms with Crippen LogP contribution in [0.4, 0.5) is 11.4 Å². The van der Waals surface area contributed by atoms with E-state index < -0.39 is 10.8 Å². The van der Waals surface area contributed by atoms with E-state index in [-0.39, 0.29) is 23.2 Å². The zero-order valence-electron chi connectivity index (χ0n) is 13.9. The number of carbonyl (C=O) groups excluding carboxylic acids is 2.